The molecule has 0 heterocycles. The monoisotopic (exact) mass is 440 g/mol. The van der Waals surface area contributed by atoms with Gasteiger partial charge in [0.25, 0.3) is 0 Å². The molecule has 0 spiro atoms. The Morgan fingerprint density at radius 1 is 1.19 bits per heavy atom. The van der Waals surface area contributed by atoms with Crippen LogP contribution in [0.25, 0.3) is 0 Å². The van der Waals surface area contributed by atoms with Gasteiger partial charge in [-0.25, -0.2) is 13.1 Å². The number of halogens is 1. The highest BCUT2D eigenvalue weighted by molar-refractivity contribution is 9.10. The number of ether oxygens (including phenoxy) is 1. The lowest BCUT2D eigenvalue weighted by Gasteiger charge is -2.18. The van der Waals surface area contributed by atoms with Crippen LogP contribution in [-0.2, 0) is 14.8 Å². The van der Waals surface area contributed by atoms with Crippen LogP contribution in [0.4, 0.5) is 5.69 Å². The van der Waals surface area contributed by atoms with Crippen LogP contribution in [0.15, 0.2) is 51.8 Å². The molecule has 2 aromatic carbocycles. The zero-order valence-corrected chi connectivity index (χ0v) is 17.1. The molecule has 0 unspecified atom stereocenters. The van der Waals surface area contributed by atoms with Crippen molar-refractivity contribution in [3.8, 4) is 5.75 Å². The van der Waals surface area contributed by atoms with E-state index < -0.39 is 10.0 Å². The second-order valence-corrected chi connectivity index (χ2v) is 8.31. The predicted octanol–water partition coefficient (Wildman–Crippen LogP) is 3.85. The minimum Gasteiger partial charge on any atom is -0.495 e. The van der Waals surface area contributed by atoms with E-state index in [1.165, 1.54) is 32.2 Å². The van der Waals surface area contributed by atoms with Crippen LogP contribution >= 0.6 is 15.9 Å². The first-order valence-electron chi connectivity index (χ1n) is 8.00. The lowest BCUT2D eigenvalue weighted by molar-refractivity contribution is -0.114. The summed E-state index contributed by atoms with van der Waals surface area (Å²) in [5.74, 6) is 0.0752. The Hall–Kier alpha value is -1.90. The standard InChI is InChI=1S/C18H21BrN2O4S/c1-4-16(13-5-7-14(19)8-6-13)21-26(23,24)15-9-10-18(25-3)17(11-15)20-12(2)22/h5-11,16,21H,4H2,1-3H3,(H,20,22)/t16-/m1/s1. The minimum atomic E-state index is -3.78. The number of hydrogen-bond donors (Lipinski definition) is 2. The average molecular weight is 441 g/mol. The lowest BCUT2D eigenvalue weighted by atomic mass is 10.1. The summed E-state index contributed by atoms with van der Waals surface area (Å²) in [6, 6.07) is 11.5. The van der Waals surface area contributed by atoms with Crippen LogP contribution in [0, 0.1) is 0 Å². The molecule has 2 aromatic rings. The highest BCUT2D eigenvalue weighted by atomic mass is 79.9. The maximum absolute atomic E-state index is 12.8. The van der Waals surface area contributed by atoms with Gasteiger partial charge in [0.2, 0.25) is 15.9 Å². The summed E-state index contributed by atoms with van der Waals surface area (Å²) in [5, 5.41) is 2.58. The van der Waals surface area contributed by atoms with Crippen molar-refractivity contribution in [3.05, 3.63) is 52.5 Å². The molecule has 0 saturated heterocycles. The Morgan fingerprint density at radius 2 is 1.85 bits per heavy atom. The first-order valence-corrected chi connectivity index (χ1v) is 10.3. The summed E-state index contributed by atoms with van der Waals surface area (Å²) < 4.78 is 34.4. The molecular formula is C18H21BrN2O4S. The molecule has 0 aliphatic rings. The molecule has 26 heavy (non-hydrogen) atoms. The Labute approximate surface area is 162 Å². The number of carbonyl (C=O) groups excluding carboxylic acids is 1. The molecule has 0 aliphatic heterocycles. The van der Waals surface area contributed by atoms with Crippen LogP contribution in [0.2, 0.25) is 0 Å². The van der Waals surface area contributed by atoms with Crippen LogP contribution in [0.1, 0.15) is 31.9 Å². The molecule has 2 N–H and O–H groups in total. The molecule has 6 nitrogen and oxygen atoms in total. The first-order chi connectivity index (χ1) is 12.3. The van der Waals surface area contributed by atoms with Gasteiger partial charge >= 0.3 is 0 Å². The number of benzene rings is 2. The number of anilines is 1. The number of sulfonamides is 1. The van der Waals surface area contributed by atoms with E-state index in [1.54, 1.807) is 0 Å². The second kappa shape index (κ2) is 8.66. The molecule has 1 amide bonds. The van der Waals surface area contributed by atoms with Crippen molar-refractivity contribution >= 4 is 37.5 Å². The van der Waals surface area contributed by atoms with Crippen LogP contribution in [-0.4, -0.2) is 21.4 Å². The molecule has 0 bridgehead atoms. The Morgan fingerprint density at radius 3 is 2.38 bits per heavy atom. The predicted molar refractivity (Wildman–Crippen MR) is 105 cm³/mol. The Bertz CT molecular complexity index is 883. The molecule has 0 radical (unpaired) electrons. The zero-order chi connectivity index (χ0) is 19.3. The van der Waals surface area contributed by atoms with Gasteiger partial charge in [-0.05, 0) is 42.3 Å². The van der Waals surface area contributed by atoms with Crippen molar-refractivity contribution < 1.29 is 17.9 Å². The van der Waals surface area contributed by atoms with E-state index in [-0.39, 0.29) is 16.8 Å². The van der Waals surface area contributed by atoms with Gasteiger partial charge in [0.1, 0.15) is 5.75 Å². The summed E-state index contributed by atoms with van der Waals surface area (Å²) in [5.41, 5.74) is 1.18. The number of methoxy groups -OCH3 is 1. The van der Waals surface area contributed by atoms with E-state index in [1.807, 2.05) is 31.2 Å². The zero-order valence-electron chi connectivity index (χ0n) is 14.7. The summed E-state index contributed by atoms with van der Waals surface area (Å²) >= 11 is 3.37. The molecule has 2 rings (SSSR count). The molecule has 1 atom stereocenters. The van der Waals surface area contributed by atoms with E-state index in [4.69, 9.17) is 4.74 Å². The highest BCUT2D eigenvalue weighted by Gasteiger charge is 2.22. The number of amides is 1. The Balaban J connectivity index is 2.33. The van der Waals surface area contributed by atoms with Gasteiger partial charge in [-0.1, -0.05) is 35.0 Å². The average Bonchev–Trinajstić information content (AvgIpc) is 2.60. The minimum absolute atomic E-state index is 0.0533. The summed E-state index contributed by atoms with van der Waals surface area (Å²) in [4.78, 5) is 11.4. The molecule has 140 valence electrons. The van der Waals surface area contributed by atoms with E-state index in [9.17, 15) is 13.2 Å². The molecule has 8 heteroatoms. The summed E-state index contributed by atoms with van der Waals surface area (Å²) in [6.07, 6.45) is 0.593. The fourth-order valence-corrected chi connectivity index (χ4v) is 4.08. The van der Waals surface area contributed by atoms with Gasteiger partial charge in [0.05, 0.1) is 17.7 Å². The molecular weight excluding hydrogens is 420 g/mol. The van der Waals surface area contributed by atoms with Crippen molar-refractivity contribution in [2.75, 3.05) is 12.4 Å². The smallest absolute Gasteiger partial charge is 0.241 e. The van der Waals surface area contributed by atoms with Crippen LogP contribution < -0.4 is 14.8 Å². The Kier molecular flexibility index (Phi) is 6.80. The summed E-state index contributed by atoms with van der Waals surface area (Å²) in [7, 11) is -2.33. The van der Waals surface area contributed by atoms with E-state index in [2.05, 4.69) is 26.0 Å². The molecule has 0 saturated carbocycles. The molecule has 0 aromatic heterocycles. The van der Waals surface area contributed by atoms with Crippen molar-refractivity contribution in [2.24, 2.45) is 0 Å². The fraction of sp³-hybridized carbons (Fsp3) is 0.278. The first kappa shape index (κ1) is 20.4. The maximum atomic E-state index is 12.8. The van der Waals surface area contributed by atoms with Gasteiger partial charge in [-0.2, -0.15) is 0 Å². The SMILES string of the molecule is CC[C@@H](NS(=O)(=O)c1ccc(OC)c(NC(C)=O)c1)c1ccc(Br)cc1. The number of nitrogens with one attached hydrogen (secondary N) is 2. The summed E-state index contributed by atoms with van der Waals surface area (Å²) in [6.45, 7) is 3.26. The number of rotatable bonds is 7. The lowest BCUT2D eigenvalue weighted by Crippen LogP contribution is -2.28. The van der Waals surface area contributed by atoms with Gasteiger partial charge < -0.3 is 10.1 Å². The van der Waals surface area contributed by atoms with Crippen molar-refractivity contribution in [2.45, 2.75) is 31.2 Å². The van der Waals surface area contributed by atoms with E-state index >= 15 is 0 Å². The fourth-order valence-electron chi connectivity index (χ4n) is 2.48. The van der Waals surface area contributed by atoms with E-state index in [0.29, 0.717) is 17.9 Å². The van der Waals surface area contributed by atoms with Crippen molar-refractivity contribution in [1.29, 1.82) is 0 Å². The van der Waals surface area contributed by atoms with Crippen molar-refractivity contribution in [1.82, 2.24) is 4.72 Å². The topological polar surface area (TPSA) is 84.5 Å². The largest absolute Gasteiger partial charge is 0.495 e. The van der Waals surface area contributed by atoms with Gasteiger partial charge in [-0.15, -0.1) is 0 Å². The van der Waals surface area contributed by atoms with Crippen LogP contribution in [0.5, 0.6) is 5.75 Å². The third-order valence-corrected chi connectivity index (χ3v) is 5.77. The molecule has 0 aliphatic carbocycles. The van der Waals surface area contributed by atoms with Gasteiger partial charge in [0.15, 0.2) is 0 Å². The quantitative estimate of drug-likeness (QED) is 0.684. The van der Waals surface area contributed by atoms with Crippen molar-refractivity contribution in [3.63, 3.8) is 0 Å². The number of carbonyl (C=O) groups is 1. The van der Waals surface area contributed by atoms with Gasteiger partial charge in [0, 0.05) is 17.4 Å². The third kappa shape index (κ3) is 5.06. The number of hydrogen-bond acceptors (Lipinski definition) is 4. The van der Waals surface area contributed by atoms with E-state index in [0.717, 1.165) is 10.0 Å². The maximum Gasteiger partial charge on any atom is 0.241 e. The van der Waals surface area contributed by atoms with Crippen LogP contribution in [0.3, 0.4) is 0 Å². The molecule has 0 fully saturated rings. The highest BCUT2D eigenvalue weighted by Crippen LogP contribution is 2.29. The van der Waals surface area contributed by atoms with Gasteiger partial charge in [-0.3, -0.25) is 4.79 Å². The second-order valence-electron chi connectivity index (χ2n) is 5.68. The normalized spacial score (nSPS) is 12.5. The third-order valence-electron chi connectivity index (χ3n) is 3.77.